The van der Waals surface area contributed by atoms with E-state index in [4.69, 9.17) is 16.3 Å². The number of piperazine rings is 1. The lowest BCUT2D eigenvalue weighted by atomic mass is 10.1. The molecule has 2 aromatic rings. The van der Waals surface area contributed by atoms with Crippen LogP contribution in [0.5, 0.6) is 5.75 Å². The van der Waals surface area contributed by atoms with Crippen LogP contribution in [-0.4, -0.2) is 53.8 Å². The average Bonchev–Trinajstić information content (AvgIpc) is 2.67. The highest BCUT2D eigenvalue weighted by Gasteiger charge is 2.27. The van der Waals surface area contributed by atoms with Crippen LogP contribution in [-0.2, 0) is 13.1 Å². The van der Waals surface area contributed by atoms with Gasteiger partial charge >= 0.3 is 0 Å². The summed E-state index contributed by atoms with van der Waals surface area (Å²) in [5, 5.41) is 10.4. The molecule has 1 heterocycles. The van der Waals surface area contributed by atoms with Crippen molar-refractivity contribution in [1.29, 1.82) is 0 Å². The Morgan fingerprint density at radius 3 is 2.52 bits per heavy atom. The Morgan fingerprint density at radius 2 is 1.78 bits per heavy atom. The van der Waals surface area contributed by atoms with Crippen LogP contribution in [0.3, 0.4) is 0 Å². The zero-order valence-electron chi connectivity index (χ0n) is 16.0. The van der Waals surface area contributed by atoms with E-state index in [1.807, 2.05) is 37.3 Å². The number of hydrogen-bond acceptors (Lipinski definition) is 4. The van der Waals surface area contributed by atoms with Crippen molar-refractivity contribution in [3.8, 4) is 5.75 Å². The maximum atomic E-state index is 9.57. The third-order valence-corrected chi connectivity index (χ3v) is 5.52. The van der Waals surface area contributed by atoms with Gasteiger partial charge in [-0.25, -0.2) is 0 Å². The molecule has 1 aliphatic rings. The van der Waals surface area contributed by atoms with Gasteiger partial charge in [0.05, 0.1) is 6.61 Å². The fourth-order valence-corrected chi connectivity index (χ4v) is 3.94. The number of halogens is 1. The quantitative estimate of drug-likeness (QED) is 0.746. The number of benzene rings is 2. The third-order valence-electron chi connectivity index (χ3n) is 5.15. The van der Waals surface area contributed by atoms with Gasteiger partial charge in [-0.1, -0.05) is 48.0 Å². The maximum absolute atomic E-state index is 9.57. The fourth-order valence-electron chi connectivity index (χ4n) is 3.75. The minimum Gasteiger partial charge on any atom is -0.494 e. The van der Waals surface area contributed by atoms with Gasteiger partial charge in [-0.15, -0.1) is 0 Å². The number of nitrogens with zero attached hydrogens (tertiary/aromatic N) is 2. The van der Waals surface area contributed by atoms with Crippen LogP contribution in [0.25, 0.3) is 0 Å². The van der Waals surface area contributed by atoms with Crippen molar-refractivity contribution < 1.29 is 9.84 Å². The molecule has 1 atom stereocenters. The first kappa shape index (κ1) is 20.2. The van der Waals surface area contributed by atoms with E-state index < -0.39 is 0 Å². The van der Waals surface area contributed by atoms with E-state index in [0.29, 0.717) is 12.6 Å². The zero-order chi connectivity index (χ0) is 19.1. The van der Waals surface area contributed by atoms with Gasteiger partial charge in [0.25, 0.3) is 0 Å². The molecule has 0 amide bonds. The normalized spacial score (nSPS) is 18.6. The number of aliphatic hydroxyl groups excluding tert-OH is 1. The Balaban J connectivity index is 1.67. The highest BCUT2D eigenvalue weighted by Crippen LogP contribution is 2.25. The monoisotopic (exact) mass is 388 g/mol. The molecule has 146 valence electrons. The van der Waals surface area contributed by atoms with Crippen molar-refractivity contribution in [3.05, 3.63) is 64.7 Å². The molecule has 1 saturated heterocycles. The van der Waals surface area contributed by atoms with Crippen LogP contribution in [0.1, 0.15) is 24.5 Å². The molecule has 27 heavy (non-hydrogen) atoms. The van der Waals surface area contributed by atoms with Crippen molar-refractivity contribution in [2.75, 3.05) is 32.8 Å². The molecule has 1 aliphatic heterocycles. The summed E-state index contributed by atoms with van der Waals surface area (Å²) in [6.07, 6.45) is 0.774. The smallest absolute Gasteiger partial charge is 0.123 e. The minimum absolute atomic E-state index is 0.203. The number of ether oxygens (including phenoxy) is 1. The van der Waals surface area contributed by atoms with Crippen LogP contribution < -0.4 is 4.74 Å². The van der Waals surface area contributed by atoms with E-state index in [-0.39, 0.29) is 6.61 Å². The minimum atomic E-state index is 0.203. The number of aliphatic hydroxyl groups is 1. The summed E-state index contributed by atoms with van der Waals surface area (Å²) in [5.74, 6) is 0.959. The Hall–Kier alpha value is -1.59. The lowest BCUT2D eigenvalue weighted by molar-refractivity contribution is 0.0494. The number of hydrogen-bond donors (Lipinski definition) is 1. The first-order valence-electron chi connectivity index (χ1n) is 9.72. The number of rotatable bonds is 8. The SMILES string of the molecule is CCOc1ccccc1CN1CCN(Cc2ccccc2Cl)C[C@H]1CCO. The summed E-state index contributed by atoms with van der Waals surface area (Å²) in [6.45, 7) is 7.48. The lowest BCUT2D eigenvalue weighted by Crippen LogP contribution is -2.52. The van der Waals surface area contributed by atoms with Gasteiger partial charge < -0.3 is 9.84 Å². The molecule has 0 radical (unpaired) electrons. The predicted molar refractivity (Wildman–Crippen MR) is 110 cm³/mol. The van der Waals surface area contributed by atoms with Gasteiger partial charge in [-0.05, 0) is 31.0 Å². The first-order chi connectivity index (χ1) is 13.2. The van der Waals surface area contributed by atoms with E-state index in [2.05, 4.69) is 28.0 Å². The van der Waals surface area contributed by atoms with E-state index in [1.54, 1.807) is 0 Å². The molecule has 0 aliphatic carbocycles. The topological polar surface area (TPSA) is 35.9 Å². The summed E-state index contributed by atoms with van der Waals surface area (Å²) in [5.41, 5.74) is 2.37. The van der Waals surface area contributed by atoms with Crippen LogP contribution in [0.15, 0.2) is 48.5 Å². The van der Waals surface area contributed by atoms with Crippen molar-refractivity contribution in [3.63, 3.8) is 0 Å². The lowest BCUT2D eigenvalue weighted by Gasteiger charge is -2.41. The summed E-state index contributed by atoms with van der Waals surface area (Å²) < 4.78 is 5.79. The predicted octanol–water partition coefficient (Wildman–Crippen LogP) is 3.81. The maximum Gasteiger partial charge on any atom is 0.123 e. The molecule has 4 nitrogen and oxygen atoms in total. The van der Waals surface area contributed by atoms with E-state index >= 15 is 0 Å². The van der Waals surface area contributed by atoms with Crippen molar-refractivity contribution in [2.24, 2.45) is 0 Å². The highest BCUT2D eigenvalue weighted by atomic mass is 35.5. The first-order valence-corrected chi connectivity index (χ1v) is 10.1. The Morgan fingerprint density at radius 1 is 1.04 bits per heavy atom. The summed E-state index contributed by atoms with van der Waals surface area (Å²) >= 11 is 6.33. The van der Waals surface area contributed by atoms with Gasteiger partial charge in [0.1, 0.15) is 5.75 Å². The molecule has 0 unspecified atom stereocenters. The second kappa shape index (κ2) is 10.1. The van der Waals surface area contributed by atoms with Crippen LogP contribution in [0.4, 0.5) is 0 Å². The van der Waals surface area contributed by atoms with Crippen molar-refractivity contribution in [1.82, 2.24) is 9.80 Å². The van der Waals surface area contributed by atoms with E-state index in [0.717, 1.165) is 55.5 Å². The second-order valence-electron chi connectivity index (χ2n) is 7.00. The molecule has 5 heteroatoms. The third kappa shape index (κ3) is 5.45. The van der Waals surface area contributed by atoms with Crippen LogP contribution >= 0.6 is 11.6 Å². The summed E-state index contributed by atoms with van der Waals surface area (Å²) in [7, 11) is 0. The molecule has 0 spiro atoms. The molecule has 1 N–H and O–H groups in total. The molecule has 2 aromatic carbocycles. The van der Waals surface area contributed by atoms with E-state index in [1.165, 1.54) is 5.56 Å². The Labute approximate surface area is 167 Å². The Bertz CT molecular complexity index is 725. The van der Waals surface area contributed by atoms with E-state index in [9.17, 15) is 5.11 Å². The molecule has 3 rings (SSSR count). The fraction of sp³-hybridized carbons (Fsp3) is 0.455. The average molecular weight is 389 g/mol. The highest BCUT2D eigenvalue weighted by molar-refractivity contribution is 6.31. The largest absolute Gasteiger partial charge is 0.494 e. The van der Waals surface area contributed by atoms with Crippen LogP contribution in [0, 0.1) is 0 Å². The van der Waals surface area contributed by atoms with Crippen molar-refractivity contribution >= 4 is 11.6 Å². The molecule has 1 fully saturated rings. The van der Waals surface area contributed by atoms with Gasteiger partial charge in [0.2, 0.25) is 0 Å². The van der Waals surface area contributed by atoms with Gasteiger partial charge in [-0.3, -0.25) is 9.80 Å². The molecular formula is C22H29ClN2O2. The van der Waals surface area contributed by atoms with Gasteiger partial charge in [0, 0.05) is 56.0 Å². The van der Waals surface area contributed by atoms with Gasteiger partial charge in [0.15, 0.2) is 0 Å². The molecule has 0 bridgehead atoms. The van der Waals surface area contributed by atoms with Crippen LogP contribution in [0.2, 0.25) is 5.02 Å². The molecule has 0 saturated carbocycles. The zero-order valence-corrected chi connectivity index (χ0v) is 16.7. The number of para-hydroxylation sites is 1. The standard InChI is InChI=1S/C22H29ClN2O2/c1-2-27-22-10-6-4-8-19(22)16-25-13-12-24(17-20(25)11-14-26)15-18-7-3-5-9-21(18)23/h3-10,20,26H,2,11-17H2,1H3/t20-/m1/s1. The second-order valence-corrected chi connectivity index (χ2v) is 7.41. The summed E-state index contributed by atoms with van der Waals surface area (Å²) in [6, 6.07) is 16.6. The van der Waals surface area contributed by atoms with Gasteiger partial charge in [-0.2, -0.15) is 0 Å². The molecular weight excluding hydrogens is 360 g/mol. The Kier molecular flexibility index (Phi) is 7.53. The van der Waals surface area contributed by atoms with Crippen molar-refractivity contribution in [2.45, 2.75) is 32.5 Å². The molecule has 0 aromatic heterocycles. The summed E-state index contributed by atoms with van der Waals surface area (Å²) in [4.78, 5) is 4.91.